The molecule has 56 valence electrons. The lowest BCUT2D eigenvalue weighted by atomic mass is 10.1. The van der Waals surface area contributed by atoms with Crippen LogP contribution in [0.4, 0.5) is 0 Å². The Morgan fingerprint density at radius 3 is 1.56 bits per heavy atom. The van der Waals surface area contributed by atoms with Crippen molar-refractivity contribution in [2.45, 2.75) is 43.6 Å². The normalized spacial score (nSPS) is 17.3. The first-order valence-corrected chi connectivity index (χ1v) is 4.60. The van der Waals surface area contributed by atoms with E-state index in [9.17, 15) is 0 Å². The first-order valence-electron chi connectivity index (χ1n) is 3.56. The van der Waals surface area contributed by atoms with Crippen molar-refractivity contribution in [3.8, 4) is 0 Å². The molecule has 0 aliphatic heterocycles. The molecule has 0 rings (SSSR count). The standard InChI is InChI=1S/C7H16S2/c1-3-6(8)5-7(9)4-2/h6-9H,3-5H2,1-2H3. The van der Waals surface area contributed by atoms with Crippen molar-refractivity contribution in [3.05, 3.63) is 0 Å². The summed E-state index contributed by atoms with van der Waals surface area (Å²) in [5.74, 6) is 0. The van der Waals surface area contributed by atoms with Crippen molar-refractivity contribution < 1.29 is 0 Å². The first-order chi connectivity index (χ1) is 4.20. The summed E-state index contributed by atoms with van der Waals surface area (Å²) in [5.41, 5.74) is 0. The molecule has 0 aliphatic carbocycles. The van der Waals surface area contributed by atoms with Crippen LogP contribution < -0.4 is 0 Å². The van der Waals surface area contributed by atoms with Crippen molar-refractivity contribution in [2.75, 3.05) is 0 Å². The highest BCUT2D eigenvalue weighted by Crippen LogP contribution is 2.14. The van der Waals surface area contributed by atoms with Crippen molar-refractivity contribution in [1.82, 2.24) is 0 Å². The molecule has 2 heteroatoms. The van der Waals surface area contributed by atoms with Gasteiger partial charge in [-0.2, -0.15) is 25.3 Å². The Morgan fingerprint density at radius 1 is 1.00 bits per heavy atom. The van der Waals surface area contributed by atoms with Crippen molar-refractivity contribution >= 4 is 25.3 Å². The van der Waals surface area contributed by atoms with Gasteiger partial charge >= 0.3 is 0 Å². The lowest BCUT2D eigenvalue weighted by Gasteiger charge is -2.11. The highest BCUT2D eigenvalue weighted by atomic mass is 32.1. The molecule has 2 atom stereocenters. The van der Waals surface area contributed by atoms with Gasteiger partial charge in [0.25, 0.3) is 0 Å². The lowest BCUT2D eigenvalue weighted by molar-refractivity contribution is 0.691. The third kappa shape index (κ3) is 5.16. The predicted octanol–water partition coefficient (Wildman–Crippen LogP) is 2.79. The Hall–Kier alpha value is 0.700. The van der Waals surface area contributed by atoms with Gasteiger partial charge in [0, 0.05) is 10.5 Å². The zero-order valence-corrected chi connectivity index (χ0v) is 7.96. The second kappa shape index (κ2) is 5.48. The molecule has 0 saturated carbocycles. The second-order valence-electron chi connectivity index (χ2n) is 2.36. The fraction of sp³-hybridized carbons (Fsp3) is 1.00. The van der Waals surface area contributed by atoms with Gasteiger partial charge in [-0.05, 0) is 19.3 Å². The Bertz CT molecular complexity index is 55.9. The van der Waals surface area contributed by atoms with Gasteiger partial charge in [0.2, 0.25) is 0 Å². The number of hydrogen-bond donors (Lipinski definition) is 2. The van der Waals surface area contributed by atoms with E-state index in [0.717, 1.165) is 19.3 Å². The van der Waals surface area contributed by atoms with E-state index < -0.39 is 0 Å². The zero-order chi connectivity index (χ0) is 7.28. The summed E-state index contributed by atoms with van der Waals surface area (Å²) in [6, 6.07) is 0. The van der Waals surface area contributed by atoms with Gasteiger partial charge in [0.05, 0.1) is 0 Å². The highest BCUT2D eigenvalue weighted by molar-refractivity contribution is 7.81. The molecular weight excluding hydrogens is 148 g/mol. The Balaban J connectivity index is 3.22. The molecule has 0 aliphatic rings. The van der Waals surface area contributed by atoms with Crippen LogP contribution >= 0.6 is 25.3 Å². The van der Waals surface area contributed by atoms with Crippen LogP contribution in [0.1, 0.15) is 33.1 Å². The van der Waals surface area contributed by atoms with Crippen LogP contribution in [0.5, 0.6) is 0 Å². The maximum Gasteiger partial charge on any atom is 0.00246 e. The Kier molecular flexibility index (Phi) is 5.91. The average Bonchev–Trinajstić information content (AvgIpc) is 1.87. The summed E-state index contributed by atoms with van der Waals surface area (Å²) in [6.45, 7) is 4.32. The fourth-order valence-electron chi connectivity index (χ4n) is 0.647. The summed E-state index contributed by atoms with van der Waals surface area (Å²) >= 11 is 8.75. The molecule has 0 nitrogen and oxygen atoms in total. The van der Waals surface area contributed by atoms with Crippen LogP contribution in [0, 0.1) is 0 Å². The summed E-state index contributed by atoms with van der Waals surface area (Å²) < 4.78 is 0. The van der Waals surface area contributed by atoms with Crippen molar-refractivity contribution in [1.29, 1.82) is 0 Å². The van der Waals surface area contributed by atoms with Crippen LogP contribution in [-0.4, -0.2) is 10.5 Å². The Morgan fingerprint density at radius 2 is 1.33 bits per heavy atom. The van der Waals surface area contributed by atoms with E-state index in [1.807, 2.05) is 0 Å². The lowest BCUT2D eigenvalue weighted by Crippen LogP contribution is -2.06. The predicted molar refractivity (Wildman–Crippen MR) is 50.7 cm³/mol. The molecule has 9 heavy (non-hydrogen) atoms. The van der Waals surface area contributed by atoms with E-state index in [1.54, 1.807) is 0 Å². The summed E-state index contributed by atoms with van der Waals surface area (Å²) in [7, 11) is 0. The van der Waals surface area contributed by atoms with Gasteiger partial charge in [-0.3, -0.25) is 0 Å². The number of rotatable bonds is 4. The maximum atomic E-state index is 4.37. The van der Waals surface area contributed by atoms with Gasteiger partial charge in [-0.1, -0.05) is 13.8 Å². The minimum atomic E-state index is 0.549. The second-order valence-corrected chi connectivity index (χ2v) is 3.82. The van der Waals surface area contributed by atoms with Crippen LogP contribution in [0.3, 0.4) is 0 Å². The fourth-order valence-corrected chi connectivity index (χ4v) is 1.32. The molecule has 0 saturated heterocycles. The number of hydrogen-bond acceptors (Lipinski definition) is 2. The van der Waals surface area contributed by atoms with Crippen molar-refractivity contribution in [2.24, 2.45) is 0 Å². The van der Waals surface area contributed by atoms with Crippen LogP contribution in [0.15, 0.2) is 0 Å². The van der Waals surface area contributed by atoms with E-state index in [4.69, 9.17) is 0 Å². The minimum Gasteiger partial charge on any atom is -0.176 e. The summed E-state index contributed by atoms with van der Waals surface area (Å²) in [4.78, 5) is 0. The smallest absolute Gasteiger partial charge is 0.00246 e. The topological polar surface area (TPSA) is 0 Å². The van der Waals surface area contributed by atoms with Gasteiger partial charge in [0.15, 0.2) is 0 Å². The zero-order valence-electron chi connectivity index (χ0n) is 6.17. The molecule has 0 bridgehead atoms. The van der Waals surface area contributed by atoms with Gasteiger partial charge in [0.1, 0.15) is 0 Å². The quantitative estimate of drug-likeness (QED) is 0.587. The summed E-state index contributed by atoms with van der Waals surface area (Å²) in [6.07, 6.45) is 3.44. The van der Waals surface area contributed by atoms with Gasteiger partial charge < -0.3 is 0 Å². The molecule has 0 radical (unpaired) electrons. The van der Waals surface area contributed by atoms with Crippen LogP contribution in [0.2, 0.25) is 0 Å². The third-order valence-electron chi connectivity index (χ3n) is 1.49. The minimum absolute atomic E-state index is 0.549. The van der Waals surface area contributed by atoms with Crippen molar-refractivity contribution in [3.63, 3.8) is 0 Å². The van der Waals surface area contributed by atoms with E-state index in [-0.39, 0.29) is 0 Å². The van der Waals surface area contributed by atoms with E-state index in [1.165, 1.54) is 0 Å². The van der Waals surface area contributed by atoms with E-state index in [2.05, 4.69) is 39.1 Å². The SMILES string of the molecule is CCC(S)CC(S)CC. The van der Waals surface area contributed by atoms with E-state index in [0.29, 0.717) is 10.5 Å². The first kappa shape index (κ1) is 9.70. The van der Waals surface area contributed by atoms with E-state index >= 15 is 0 Å². The maximum absolute atomic E-state index is 4.37. The average molecular weight is 164 g/mol. The largest absolute Gasteiger partial charge is 0.176 e. The molecule has 0 N–H and O–H groups in total. The highest BCUT2D eigenvalue weighted by Gasteiger charge is 2.05. The molecular formula is C7H16S2. The third-order valence-corrected chi connectivity index (χ3v) is 2.64. The van der Waals surface area contributed by atoms with Gasteiger partial charge in [-0.25, -0.2) is 0 Å². The molecule has 0 heterocycles. The molecule has 0 amide bonds. The van der Waals surface area contributed by atoms with Crippen LogP contribution in [0.25, 0.3) is 0 Å². The molecule has 0 fully saturated rings. The molecule has 0 aromatic carbocycles. The molecule has 2 unspecified atom stereocenters. The Labute approximate surface area is 69.2 Å². The molecule has 0 aromatic rings. The summed E-state index contributed by atoms with van der Waals surface area (Å²) in [5, 5.41) is 1.10. The van der Waals surface area contributed by atoms with Gasteiger partial charge in [-0.15, -0.1) is 0 Å². The van der Waals surface area contributed by atoms with Crippen LogP contribution in [-0.2, 0) is 0 Å². The molecule has 0 spiro atoms. The monoisotopic (exact) mass is 164 g/mol. The number of thiol groups is 2. The molecule has 0 aromatic heterocycles.